The van der Waals surface area contributed by atoms with E-state index in [1.807, 2.05) is 5.10 Å². The quantitative estimate of drug-likeness (QED) is 0.591. The number of hydrogen-bond donors (Lipinski definition) is 4. The Balaban J connectivity index is 1.93. The molecule has 1 aromatic rings. The van der Waals surface area contributed by atoms with Crippen LogP contribution in [0, 0.1) is 0 Å². The molecule has 1 atom stereocenters. The van der Waals surface area contributed by atoms with Crippen LogP contribution in [0.5, 0.6) is 0 Å². The predicted octanol–water partition coefficient (Wildman–Crippen LogP) is 1.24. The summed E-state index contributed by atoms with van der Waals surface area (Å²) in [5.41, 5.74) is -2.29. The smallest absolute Gasteiger partial charge is 0.433 e. The number of hydrogen-bond acceptors (Lipinski definition) is 4. The molecule has 7 nitrogen and oxygen atoms in total. The van der Waals surface area contributed by atoms with Gasteiger partial charge in [0.25, 0.3) is 0 Å². The van der Waals surface area contributed by atoms with E-state index in [-0.39, 0.29) is 24.8 Å². The van der Waals surface area contributed by atoms with Crippen molar-refractivity contribution in [2.75, 3.05) is 0 Å². The Labute approximate surface area is 135 Å². The Morgan fingerprint density at radius 2 is 2.08 bits per heavy atom. The van der Waals surface area contributed by atoms with Gasteiger partial charge in [-0.05, 0) is 32.1 Å². The molecule has 1 heterocycles. The molecule has 0 aliphatic heterocycles. The van der Waals surface area contributed by atoms with Crippen LogP contribution in [0.4, 0.5) is 13.2 Å². The molecule has 0 spiro atoms. The molecular formula is C14H18F3N3O4. The van der Waals surface area contributed by atoms with Crippen LogP contribution in [0.1, 0.15) is 43.4 Å². The number of carbonyl (C=O) groups excluding carboxylic acids is 1. The van der Waals surface area contributed by atoms with Crippen molar-refractivity contribution in [3.8, 4) is 0 Å². The summed E-state index contributed by atoms with van der Waals surface area (Å²) in [5.74, 6) is -1.98. The van der Waals surface area contributed by atoms with E-state index < -0.39 is 35.4 Å². The summed E-state index contributed by atoms with van der Waals surface area (Å²) >= 11 is 0. The minimum atomic E-state index is -4.61. The van der Waals surface area contributed by atoms with Gasteiger partial charge in [-0.15, -0.1) is 0 Å². The molecule has 2 rings (SSSR count). The van der Waals surface area contributed by atoms with E-state index in [0.29, 0.717) is 12.8 Å². The first-order valence-corrected chi connectivity index (χ1v) is 7.45. The van der Waals surface area contributed by atoms with Gasteiger partial charge in [0.2, 0.25) is 5.91 Å². The Morgan fingerprint density at radius 3 is 2.58 bits per heavy atom. The number of amides is 1. The van der Waals surface area contributed by atoms with Gasteiger partial charge >= 0.3 is 12.1 Å². The van der Waals surface area contributed by atoms with Crippen molar-refractivity contribution in [2.45, 2.75) is 56.3 Å². The molecule has 24 heavy (non-hydrogen) atoms. The molecule has 1 aliphatic carbocycles. The average Bonchev–Trinajstić information content (AvgIpc) is 2.89. The Morgan fingerprint density at radius 1 is 1.42 bits per heavy atom. The van der Waals surface area contributed by atoms with Crippen LogP contribution in [0.2, 0.25) is 0 Å². The summed E-state index contributed by atoms with van der Waals surface area (Å²) in [7, 11) is 0. The highest BCUT2D eigenvalue weighted by Crippen LogP contribution is 2.34. The fraction of sp³-hybridized carbons (Fsp3) is 0.643. The number of rotatable bonds is 7. The van der Waals surface area contributed by atoms with Gasteiger partial charge < -0.3 is 15.5 Å². The van der Waals surface area contributed by atoms with Crippen molar-refractivity contribution in [2.24, 2.45) is 0 Å². The van der Waals surface area contributed by atoms with Crippen LogP contribution in [0.25, 0.3) is 0 Å². The molecule has 134 valence electrons. The fourth-order valence-electron chi connectivity index (χ4n) is 2.61. The number of carboxylic acids is 1. The molecule has 1 aliphatic rings. The lowest BCUT2D eigenvalue weighted by Crippen LogP contribution is -2.47. The minimum Gasteiger partial charge on any atom is -0.480 e. The molecule has 0 aromatic carbocycles. The molecule has 0 bridgehead atoms. The van der Waals surface area contributed by atoms with E-state index in [9.17, 15) is 27.9 Å². The molecule has 0 radical (unpaired) electrons. The average molecular weight is 349 g/mol. The summed E-state index contributed by atoms with van der Waals surface area (Å²) in [5, 5.41) is 26.4. The lowest BCUT2D eigenvalue weighted by molar-refractivity contribution is -0.144. The van der Waals surface area contributed by atoms with Gasteiger partial charge in [-0.2, -0.15) is 18.3 Å². The molecule has 1 amide bonds. The van der Waals surface area contributed by atoms with Gasteiger partial charge in [0, 0.05) is 5.56 Å². The van der Waals surface area contributed by atoms with Gasteiger partial charge in [-0.1, -0.05) is 0 Å². The van der Waals surface area contributed by atoms with Crippen LogP contribution in [-0.4, -0.2) is 43.9 Å². The summed E-state index contributed by atoms with van der Waals surface area (Å²) in [6, 6.07) is -1.34. The zero-order chi connectivity index (χ0) is 18.0. The lowest BCUT2D eigenvalue weighted by atomic mass is 9.77. The van der Waals surface area contributed by atoms with Crippen molar-refractivity contribution in [3.63, 3.8) is 0 Å². The van der Waals surface area contributed by atoms with E-state index in [0.717, 1.165) is 12.6 Å². The maximum Gasteiger partial charge on any atom is 0.433 e. The zero-order valence-corrected chi connectivity index (χ0v) is 12.7. The number of aromatic nitrogens is 2. The zero-order valence-electron chi connectivity index (χ0n) is 12.7. The van der Waals surface area contributed by atoms with E-state index in [1.165, 1.54) is 0 Å². The van der Waals surface area contributed by atoms with Gasteiger partial charge in [-0.25, -0.2) is 4.79 Å². The first-order valence-electron chi connectivity index (χ1n) is 7.45. The molecule has 1 aromatic heterocycles. The summed E-state index contributed by atoms with van der Waals surface area (Å²) in [6.07, 6.45) is -2.52. The first-order chi connectivity index (χ1) is 11.1. The predicted molar refractivity (Wildman–Crippen MR) is 74.9 cm³/mol. The summed E-state index contributed by atoms with van der Waals surface area (Å²) in [4.78, 5) is 23.0. The highest BCUT2D eigenvalue weighted by atomic mass is 19.4. The highest BCUT2D eigenvalue weighted by Gasteiger charge is 2.38. The minimum absolute atomic E-state index is 0.166. The number of alkyl halides is 3. The number of halogens is 3. The number of H-pyrrole nitrogens is 1. The van der Waals surface area contributed by atoms with Gasteiger partial charge in [0.1, 0.15) is 11.7 Å². The molecule has 1 fully saturated rings. The second-order valence-corrected chi connectivity index (χ2v) is 6.02. The van der Waals surface area contributed by atoms with Crippen molar-refractivity contribution in [3.05, 3.63) is 17.5 Å². The largest absolute Gasteiger partial charge is 0.480 e. The maximum absolute atomic E-state index is 12.7. The Hall–Kier alpha value is -2.10. The molecule has 0 saturated heterocycles. The Bertz CT molecular complexity index is 611. The number of aliphatic hydroxyl groups is 1. The first kappa shape index (κ1) is 18.2. The standard InChI is InChI=1S/C14H18F3N3O4/c15-14(16,17)11-8(7-18-20-11)2-3-9(12(22)23)19-10(21)6-13(24)4-1-5-13/h7,9,24H,1-6H2,(H,18,20)(H,19,21)(H,22,23). The number of aromatic amines is 1. The van der Waals surface area contributed by atoms with Crippen LogP contribution in [0.15, 0.2) is 6.20 Å². The summed E-state index contributed by atoms with van der Waals surface area (Å²) < 4.78 is 38.2. The number of nitrogens with one attached hydrogen (secondary N) is 2. The van der Waals surface area contributed by atoms with Gasteiger partial charge in [0.05, 0.1) is 18.2 Å². The van der Waals surface area contributed by atoms with Crippen molar-refractivity contribution >= 4 is 11.9 Å². The van der Waals surface area contributed by atoms with Crippen LogP contribution in [-0.2, 0) is 22.2 Å². The molecular weight excluding hydrogens is 331 g/mol. The van der Waals surface area contributed by atoms with Crippen molar-refractivity contribution in [1.29, 1.82) is 0 Å². The molecule has 1 saturated carbocycles. The molecule has 10 heteroatoms. The van der Waals surface area contributed by atoms with Gasteiger partial charge in [0.15, 0.2) is 0 Å². The van der Waals surface area contributed by atoms with Crippen molar-refractivity contribution < 1.29 is 33.0 Å². The number of carboxylic acid groups (broad SMARTS) is 1. The highest BCUT2D eigenvalue weighted by molar-refractivity contribution is 5.84. The molecule has 1 unspecified atom stereocenters. The third-order valence-corrected chi connectivity index (χ3v) is 4.11. The van der Waals surface area contributed by atoms with Crippen LogP contribution >= 0.6 is 0 Å². The second kappa shape index (κ2) is 6.80. The normalized spacial score (nSPS) is 17.8. The van der Waals surface area contributed by atoms with E-state index in [4.69, 9.17) is 5.11 Å². The van der Waals surface area contributed by atoms with E-state index in [1.54, 1.807) is 0 Å². The fourth-order valence-corrected chi connectivity index (χ4v) is 2.61. The molecule has 4 N–H and O–H groups in total. The summed E-state index contributed by atoms with van der Waals surface area (Å²) in [6.45, 7) is 0. The number of carbonyl (C=O) groups is 2. The second-order valence-electron chi connectivity index (χ2n) is 6.02. The topological polar surface area (TPSA) is 115 Å². The monoisotopic (exact) mass is 349 g/mol. The number of aliphatic carboxylic acids is 1. The van der Waals surface area contributed by atoms with Crippen molar-refractivity contribution in [1.82, 2.24) is 15.5 Å². The maximum atomic E-state index is 12.7. The van der Waals surface area contributed by atoms with Crippen LogP contribution in [0.3, 0.4) is 0 Å². The third kappa shape index (κ3) is 4.47. The van der Waals surface area contributed by atoms with E-state index in [2.05, 4.69) is 10.4 Å². The number of nitrogens with zero attached hydrogens (tertiary/aromatic N) is 1. The Kier molecular flexibility index (Phi) is 5.16. The SMILES string of the molecule is O=C(CC1(O)CCC1)NC(CCc1cn[nH]c1C(F)(F)F)C(=O)O. The number of aryl methyl sites for hydroxylation is 1. The van der Waals surface area contributed by atoms with E-state index >= 15 is 0 Å². The third-order valence-electron chi connectivity index (χ3n) is 4.11. The van der Waals surface area contributed by atoms with Gasteiger partial charge in [-0.3, -0.25) is 9.89 Å². The lowest BCUT2D eigenvalue weighted by Gasteiger charge is -2.36. The van der Waals surface area contributed by atoms with Crippen LogP contribution < -0.4 is 5.32 Å².